The number of methoxy groups -OCH3 is 3. The SMILES string of the molecule is C=C1C2CC3(CCC12c1ccc(OC)c(OC)c1OC)OCCO3. The van der Waals surface area contributed by atoms with Gasteiger partial charge < -0.3 is 23.7 Å². The summed E-state index contributed by atoms with van der Waals surface area (Å²) in [6.45, 7) is 5.72. The highest BCUT2D eigenvalue weighted by Gasteiger charge is 2.66. The quantitative estimate of drug-likeness (QED) is 0.793. The standard InChI is InChI=1S/C19H24O5/c1-12-14-11-18(23-9-10-24-18)7-8-19(12,14)13-5-6-15(20-2)17(22-4)16(13)21-3/h5-6,14H,1,7-11H2,2-4H3. The molecule has 1 aromatic rings. The first-order valence-electron chi connectivity index (χ1n) is 8.38. The summed E-state index contributed by atoms with van der Waals surface area (Å²) >= 11 is 0. The molecule has 2 atom stereocenters. The van der Waals surface area contributed by atoms with E-state index in [1.807, 2.05) is 6.07 Å². The lowest BCUT2D eigenvalue weighted by atomic mass is 9.79. The van der Waals surface area contributed by atoms with Crippen LogP contribution in [0.2, 0.25) is 0 Å². The molecule has 3 fully saturated rings. The van der Waals surface area contributed by atoms with Crippen LogP contribution in [0.25, 0.3) is 0 Å². The second-order valence-corrected chi connectivity index (χ2v) is 6.74. The highest BCUT2D eigenvalue weighted by atomic mass is 16.7. The van der Waals surface area contributed by atoms with E-state index in [1.165, 1.54) is 5.57 Å². The van der Waals surface area contributed by atoms with Crippen LogP contribution in [0, 0.1) is 5.92 Å². The Morgan fingerprint density at radius 3 is 2.29 bits per heavy atom. The van der Waals surface area contributed by atoms with E-state index in [1.54, 1.807) is 21.3 Å². The van der Waals surface area contributed by atoms with Gasteiger partial charge in [-0.15, -0.1) is 0 Å². The van der Waals surface area contributed by atoms with Gasteiger partial charge in [0.2, 0.25) is 5.75 Å². The van der Waals surface area contributed by atoms with Gasteiger partial charge in [0.1, 0.15) is 0 Å². The van der Waals surface area contributed by atoms with Crippen molar-refractivity contribution in [3.05, 3.63) is 29.8 Å². The molecule has 5 heteroatoms. The van der Waals surface area contributed by atoms with E-state index in [0.29, 0.717) is 30.6 Å². The fourth-order valence-corrected chi connectivity index (χ4v) is 4.66. The van der Waals surface area contributed by atoms with E-state index in [2.05, 4.69) is 12.6 Å². The number of ether oxygens (including phenoxy) is 5. The van der Waals surface area contributed by atoms with Gasteiger partial charge in [0, 0.05) is 23.8 Å². The van der Waals surface area contributed by atoms with E-state index in [0.717, 1.165) is 30.6 Å². The Bertz CT molecular complexity index is 677. The molecule has 130 valence electrons. The summed E-state index contributed by atoms with van der Waals surface area (Å²) in [7, 11) is 4.94. The van der Waals surface area contributed by atoms with E-state index in [9.17, 15) is 0 Å². The van der Waals surface area contributed by atoms with Crippen LogP contribution in [0.5, 0.6) is 17.2 Å². The van der Waals surface area contributed by atoms with Gasteiger partial charge in [-0.3, -0.25) is 0 Å². The van der Waals surface area contributed by atoms with Gasteiger partial charge >= 0.3 is 0 Å². The molecule has 4 rings (SSSR count). The average molecular weight is 332 g/mol. The predicted octanol–water partition coefficient (Wildman–Crippen LogP) is 3.06. The fourth-order valence-electron chi connectivity index (χ4n) is 4.66. The Balaban J connectivity index is 1.73. The molecule has 2 aliphatic carbocycles. The molecule has 1 aliphatic heterocycles. The van der Waals surface area contributed by atoms with Crippen molar-refractivity contribution in [2.75, 3.05) is 34.5 Å². The first-order chi connectivity index (χ1) is 11.6. The third-order valence-corrected chi connectivity index (χ3v) is 5.92. The van der Waals surface area contributed by atoms with Crippen LogP contribution in [-0.4, -0.2) is 40.3 Å². The lowest BCUT2D eigenvalue weighted by Gasteiger charge is -2.35. The minimum Gasteiger partial charge on any atom is -0.493 e. The first-order valence-corrected chi connectivity index (χ1v) is 8.38. The van der Waals surface area contributed by atoms with Crippen LogP contribution in [0.4, 0.5) is 0 Å². The molecule has 1 heterocycles. The maximum atomic E-state index is 5.91. The maximum Gasteiger partial charge on any atom is 0.203 e. The Labute approximate surface area is 142 Å². The van der Waals surface area contributed by atoms with Crippen LogP contribution >= 0.6 is 0 Å². The summed E-state index contributed by atoms with van der Waals surface area (Å²) < 4.78 is 28.5. The monoisotopic (exact) mass is 332 g/mol. The second kappa shape index (κ2) is 5.39. The van der Waals surface area contributed by atoms with E-state index >= 15 is 0 Å². The minimum atomic E-state index is -0.405. The zero-order chi connectivity index (χ0) is 16.9. The summed E-state index contributed by atoms with van der Waals surface area (Å²) in [5.41, 5.74) is 2.31. The molecule has 1 spiro atoms. The van der Waals surface area contributed by atoms with Gasteiger partial charge in [0.25, 0.3) is 0 Å². The predicted molar refractivity (Wildman–Crippen MR) is 88.9 cm³/mol. The molecule has 5 nitrogen and oxygen atoms in total. The second-order valence-electron chi connectivity index (χ2n) is 6.74. The molecule has 0 radical (unpaired) electrons. The summed E-state index contributed by atoms with van der Waals surface area (Å²) in [5, 5.41) is 0. The smallest absolute Gasteiger partial charge is 0.203 e. The number of benzene rings is 1. The van der Waals surface area contributed by atoms with Crippen molar-refractivity contribution in [2.45, 2.75) is 30.5 Å². The molecule has 2 unspecified atom stereocenters. The van der Waals surface area contributed by atoms with Gasteiger partial charge in [-0.2, -0.15) is 0 Å². The summed E-state index contributed by atoms with van der Waals surface area (Å²) in [6, 6.07) is 4.03. The molecule has 1 aromatic carbocycles. The van der Waals surface area contributed by atoms with Gasteiger partial charge in [0.15, 0.2) is 17.3 Å². The zero-order valence-electron chi connectivity index (χ0n) is 14.5. The third-order valence-electron chi connectivity index (χ3n) is 5.92. The highest BCUT2D eigenvalue weighted by molar-refractivity contribution is 5.65. The van der Waals surface area contributed by atoms with E-state index in [4.69, 9.17) is 23.7 Å². The molecule has 0 aromatic heterocycles. The Morgan fingerprint density at radius 2 is 1.71 bits per heavy atom. The molecule has 1 saturated heterocycles. The van der Waals surface area contributed by atoms with Crippen molar-refractivity contribution in [3.63, 3.8) is 0 Å². The summed E-state index contributed by atoms with van der Waals surface area (Å²) in [6.07, 6.45) is 2.69. The molecule has 0 bridgehead atoms. The molecule has 2 saturated carbocycles. The lowest BCUT2D eigenvalue weighted by Crippen LogP contribution is -2.37. The van der Waals surface area contributed by atoms with Gasteiger partial charge in [-0.05, 0) is 18.4 Å². The molecule has 3 aliphatic rings. The average Bonchev–Trinajstić information content (AvgIpc) is 2.95. The van der Waals surface area contributed by atoms with Gasteiger partial charge in [-0.25, -0.2) is 0 Å². The van der Waals surface area contributed by atoms with Gasteiger partial charge in [-0.1, -0.05) is 18.2 Å². The normalized spacial score (nSPS) is 30.1. The van der Waals surface area contributed by atoms with Crippen LogP contribution in [0.1, 0.15) is 24.8 Å². The molecule has 0 amide bonds. The van der Waals surface area contributed by atoms with Crippen molar-refractivity contribution >= 4 is 0 Å². The van der Waals surface area contributed by atoms with Crippen molar-refractivity contribution < 1.29 is 23.7 Å². The highest BCUT2D eigenvalue weighted by Crippen LogP contribution is 2.70. The van der Waals surface area contributed by atoms with Crippen molar-refractivity contribution in [2.24, 2.45) is 5.92 Å². The molecular weight excluding hydrogens is 308 g/mol. The number of rotatable bonds is 4. The van der Waals surface area contributed by atoms with Crippen LogP contribution in [0.3, 0.4) is 0 Å². The number of hydrogen-bond acceptors (Lipinski definition) is 5. The van der Waals surface area contributed by atoms with E-state index < -0.39 is 5.79 Å². The number of hydrogen-bond donors (Lipinski definition) is 0. The van der Waals surface area contributed by atoms with Crippen molar-refractivity contribution in [1.29, 1.82) is 0 Å². The van der Waals surface area contributed by atoms with E-state index in [-0.39, 0.29) is 5.41 Å². The van der Waals surface area contributed by atoms with Crippen molar-refractivity contribution in [3.8, 4) is 17.2 Å². The zero-order valence-corrected chi connectivity index (χ0v) is 14.5. The van der Waals surface area contributed by atoms with Crippen LogP contribution in [-0.2, 0) is 14.9 Å². The molecule has 0 N–H and O–H groups in total. The van der Waals surface area contributed by atoms with Crippen LogP contribution in [0.15, 0.2) is 24.3 Å². The Morgan fingerprint density at radius 1 is 1.00 bits per heavy atom. The Hall–Kier alpha value is -1.72. The summed E-state index contributed by atoms with van der Waals surface area (Å²) in [5.74, 6) is 2.00. The maximum absolute atomic E-state index is 5.91. The largest absolute Gasteiger partial charge is 0.493 e. The third kappa shape index (κ3) is 1.94. The number of allylic oxidation sites excluding steroid dienone is 1. The summed E-state index contributed by atoms with van der Waals surface area (Å²) in [4.78, 5) is 0. The first kappa shape index (κ1) is 15.8. The molecular formula is C19H24O5. The van der Waals surface area contributed by atoms with Crippen LogP contribution < -0.4 is 14.2 Å². The Kier molecular flexibility index (Phi) is 3.55. The topological polar surface area (TPSA) is 46.2 Å². The lowest BCUT2D eigenvalue weighted by molar-refractivity contribution is -0.180. The molecule has 24 heavy (non-hydrogen) atoms. The van der Waals surface area contributed by atoms with Crippen molar-refractivity contribution in [1.82, 2.24) is 0 Å². The minimum absolute atomic E-state index is 0.0640. The number of fused-ring (bicyclic) bond motifs is 1. The fraction of sp³-hybridized carbons (Fsp3) is 0.579. The van der Waals surface area contributed by atoms with Gasteiger partial charge in [0.05, 0.1) is 34.5 Å².